The molecule has 4 amide bonds. The predicted molar refractivity (Wildman–Crippen MR) is 182 cm³/mol. The number of carbonyl (C=O) groups excluding carboxylic acids is 4. The summed E-state index contributed by atoms with van der Waals surface area (Å²) < 4.78 is 28.7. The summed E-state index contributed by atoms with van der Waals surface area (Å²) in [5.41, 5.74) is 6.75. The Morgan fingerprint density at radius 1 is 0.796 bits per heavy atom. The van der Waals surface area contributed by atoms with E-state index in [1.54, 1.807) is 30.5 Å². The Morgan fingerprint density at radius 2 is 1.41 bits per heavy atom. The monoisotopic (exact) mass is 692 g/mol. The number of nitrogens with two attached hydrogens (primary N) is 1. The number of benzene rings is 3. The van der Waals surface area contributed by atoms with E-state index in [9.17, 15) is 37.5 Å². The van der Waals surface area contributed by atoms with Crippen molar-refractivity contribution >= 4 is 61.3 Å². The van der Waals surface area contributed by atoms with Crippen molar-refractivity contribution in [3.8, 4) is 0 Å². The van der Waals surface area contributed by atoms with Crippen molar-refractivity contribution in [1.29, 1.82) is 0 Å². The van der Waals surface area contributed by atoms with Crippen molar-refractivity contribution in [3.05, 3.63) is 78.5 Å². The first-order chi connectivity index (χ1) is 23.1. The van der Waals surface area contributed by atoms with Crippen LogP contribution in [0.5, 0.6) is 0 Å². The molecule has 1 heterocycles. The lowest BCUT2D eigenvalue weighted by Gasteiger charge is -2.26. The van der Waals surface area contributed by atoms with E-state index < -0.39 is 70.2 Å². The maximum atomic E-state index is 13.7. The van der Waals surface area contributed by atoms with Crippen molar-refractivity contribution < 1.29 is 37.5 Å². The van der Waals surface area contributed by atoms with Gasteiger partial charge in [0.2, 0.25) is 33.7 Å². The van der Waals surface area contributed by atoms with Gasteiger partial charge in [0.1, 0.15) is 18.1 Å². The van der Waals surface area contributed by atoms with Gasteiger partial charge in [-0.2, -0.15) is 4.72 Å². The van der Waals surface area contributed by atoms with Crippen LogP contribution in [-0.2, 0) is 40.4 Å². The fourth-order valence-electron chi connectivity index (χ4n) is 5.36. The fourth-order valence-corrected chi connectivity index (χ4v) is 6.60. The molecule has 4 rings (SSSR count). The lowest BCUT2D eigenvalue weighted by atomic mass is 10.00. The third-order valence-corrected chi connectivity index (χ3v) is 9.41. The summed E-state index contributed by atoms with van der Waals surface area (Å²) in [5, 5.41) is 19.1. The smallest absolute Gasteiger partial charge is 0.305 e. The Balaban J connectivity index is 1.53. The van der Waals surface area contributed by atoms with Gasteiger partial charge in [0.25, 0.3) is 0 Å². The molecule has 4 aromatic rings. The number of carboxylic acids is 1. The minimum atomic E-state index is -4.13. The van der Waals surface area contributed by atoms with Crippen molar-refractivity contribution in [1.82, 2.24) is 25.7 Å². The van der Waals surface area contributed by atoms with Crippen LogP contribution in [0.15, 0.2) is 77.8 Å². The van der Waals surface area contributed by atoms with Crippen LogP contribution in [0.4, 0.5) is 0 Å². The number of carboxylic acid groups (broad SMARTS) is 1. The number of fused-ring (bicyclic) bond motifs is 2. The standard InChI is InChI=1S/C34H40N6O8S/c1-19(2)14-28(38-32(44)20(3)40-49(47,48)24-13-12-21-8-4-5-9-22(21)15-24)33(45)39-29(34(46)37-27(31(35)43)17-30(41)42)16-23-18-36-26-11-7-6-10-25(23)26/h4-13,15,18-20,27-29,36,40H,14,16-17H2,1-3H3,(H2,35,43)(H,37,46)(H,38,44)(H,39,45)(H,41,42)/t20-,27-,28-,29-/m0/s1. The number of para-hydroxylation sites is 1. The Kier molecular flexibility index (Phi) is 11.7. The number of aromatic amines is 1. The van der Waals surface area contributed by atoms with E-state index >= 15 is 0 Å². The number of carbonyl (C=O) groups is 5. The zero-order valence-corrected chi connectivity index (χ0v) is 28.0. The van der Waals surface area contributed by atoms with Crippen LogP contribution in [0.25, 0.3) is 21.7 Å². The van der Waals surface area contributed by atoms with Crippen molar-refractivity contribution in [2.24, 2.45) is 11.7 Å². The lowest BCUT2D eigenvalue weighted by Crippen LogP contribution is -2.58. The van der Waals surface area contributed by atoms with Crippen molar-refractivity contribution in [3.63, 3.8) is 0 Å². The average Bonchev–Trinajstić information content (AvgIpc) is 3.45. The molecule has 0 unspecified atom stereocenters. The first kappa shape index (κ1) is 36.6. The molecule has 0 saturated carbocycles. The summed E-state index contributed by atoms with van der Waals surface area (Å²) in [4.78, 5) is 66.8. The molecule has 0 aliphatic rings. The molecule has 0 radical (unpaired) electrons. The molecule has 0 aliphatic carbocycles. The molecule has 49 heavy (non-hydrogen) atoms. The number of hydrogen-bond donors (Lipinski definition) is 7. The van der Waals surface area contributed by atoms with Crippen molar-refractivity contribution in [2.45, 2.75) is 69.1 Å². The van der Waals surface area contributed by atoms with Gasteiger partial charge in [0.15, 0.2) is 0 Å². The number of primary amides is 1. The van der Waals surface area contributed by atoms with Gasteiger partial charge in [-0.05, 0) is 53.8 Å². The number of H-pyrrole nitrogens is 1. The molecular formula is C34H40N6O8S. The zero-order chi connectivity index (χ0) is 35.9. The molecule has 0 aliphatic heterocycles. The van der Waals surface area contributed by atoms with Gasteiger partial charge in [0.05, 0.1) is 17.4 Å². The molecular weight excluding hydrogens is 652 g/mol. The van der Waals surface area contributed by atoms with Gasteiger partial charge in [-0.1, -0.05) is 62.4 Å². The highest BCUT2D eigenvalue weighted by Gasteiger charge is 2.32. The molecule has 14 nitrogen and oxygen atoms in total. The van der Waals surface area contributed by atoms with Crippen molar-refractivity contribution in [2.75, 3.05) is 0 Å². The number of amides is 4. The van der Waals surface area contributed by atoms with E-state index in [0.717, 1.165) is 16.3 Å². The molecule has 4 atom stereocenters. The quantitative estimate of drug-likeness (QED) is 0.0912. The van der Waals surface area contributed by atoms with Gasteiger partial charge in [-0.3, -0.25) is 24.0 Å². The zero-order valence-electron chi connectivity index (χ0n) is 27.2. The highest BCUT2D eigenvalue weighted by Crippen LogP contribution is 2.21. The van der Waals surface area contributed by atoms with Gasteiger partial charge in [-0.25, -0.2) is 8.42 Å². The number of rotatable bonds is 16. The van der Waals surface area contributed by atoms with E-state index in [4.69, 9.17) is 5.73 Å². The maximum absolute atomic E-state index is 13.7. The van der Waals surface area contributed by atoms with E-state index in [2.05, 4.69) is 25.7 Å². The topological polar surface area (TPSA) is 230 Å². The summed E-state index contributed by atoms with van der Waals surface area (Å²) in [6, 6.07) is 13.7. The third kappa shape index (κ3) is 9.64. The Bertz CT molecular complexity index is 1980. The summed E-state index contributed by atoms with van der Waals surface area (Å²) in [6.45, 7) is 4.98. The lowest BCUT2D eigenvalue weighted by molar-refractivity contribution is -0.140. The van der Waals surface area contributed by atoms with Crippen LogP contribution in [0.2, 0.25) is 0 Å². The Labute approximate surface area is 283 Å². The minimum Gasteiger partial charge on any atom is -0.481 e. The van der Waals surface area contributed by atoms with E-state index in [0.29, 0.717) is 10.9 Å². The first-order valence-corrected chi connectivity index (χ1v) is 17.1. The molecule has 0 saturated heterocycles. The molecule has 0 spiro atoms. The fraction of sp³-hybridized carbons (Fsp3) is 0.324. The number of aromatic nitrogens is 1. The number of hydrogen-bond acceptors (Lipinski definition) is 7. The molecule has 1 aromatic heterocycles. The summed E-state index contributed by atoms with van der Waals surface area (Å²) in [5.74, 6) is -4.95. The number of sulfonamides is 1. The van der Waals surface area contributed by atoms with E-state index in [-0.39, 0.29) is 23.7 Å². The Hall–Kier alpha value is -5.28. The van der Waals surface area contributed by atoms with Crippen LogP contribution < -0.4 is 26.4 Å². The van der Waals surface area contributed by atoms with Gasteiger partial charge < -0.3 is 31.8 Å². The van der Waals surface area contributed by atoms with E-state index in [1.807, 2.05) is 44.2 Å². The van der Waals surface area contributed by atoms with Crippen LogP contribution >= 0.6 is 0 Å². The number of nitrogens with one attached hydrogen (secondary N) is 5. The SMILES string of the molecule is CC(C)C[C@H](NC(=O)[C@H](C)NS(=O)(=O)c1ccc2ccccc2c1)C(=O)N[C@@H](Cc1c[nH]c2ccccc12)C(=O)N[C@@H](CC(=O)O)C(N)=O. The molecule has 260 valence electrons. The summed E-state index contributed by atoms with van der Waals surface area (Å²) in [6.07, 6.45) is 0.959. The average molecular weight is 693 g/mol. The number of aliphatic carboxylic acids is 1. The molecule has 3 aromatic carbocycles. The second kappa shape index (κ2) is 15.7. The predicted octanol–water partition coefficient (Wildman–Crippen LogP) is 1.69. The van der Waals surface area contributed by atoms with Crippen LogP contribution in [0.3, 0.4) is 0 Å². The molecule has 8 N–H and O–H groups in total. The highest BCUT2D eigenvalue weighted by atomic mass is 32.2. The van der Waals surface area contributed by atoms with E-state index in [1.165, 1.54) is 19.1 Å². The van der Waals surface area contributed by atoms with Gasteiger partial charge in [-0.15, -0.1) is 0 Å². The van der Waals surface area contributed by atoms with Gasteiger partial charge in [0, 0.05) is 23.5 Å². The minimum absolute atomic E-state index is 0.0365. The summed E-state index contributed by atoms with van der Waals surface area (Å²) in [7, 11) is -4.13. The second-order valence-electron chi connectivity index (χ2n) is 12.2. The largest absolute Gasteiger partial charge is 0.481 e. The Morgan fingerprint density at radius 3 is 2.08 bits per heavy atom. The van der Waals surface area contributed by atoms with Gasteiger partial charge >= 0.3 is 5.97 Å². The normalized spacial score (nSPS) is 14.1. The molecule has 15 heteroatoms. The second-order valence-corrected chi connectivity index (χ2v) is 13.9. The maximum Gasteiger partial charge on any atom is 0.305 e. The highest BCUT2D eigenvalue weighted by molar-refractivity contribution is 7.89. The summed E-state index contributed by atoms with van der Waals surface area (Å²) >= 11 is 0. The first-order valence-electron chi connectivity index (χ1n) is 15.6. The van der Waals surface area contributed by atoms with Crippen LogP contribution in [-0.4, -0.2) is 72.3 Å². The molecule has 0 bridgehead atoms. The van der Waals surface area contributed by atoms with Crippen LogP contribution in [0.1, 0.15) is 39.2 Å². The third-order valence-electron chi connectivity index (χ3n) is 7.87. The van der Waals surface area contributed by atoms with Crippen LogP contribution in [0, 0.1) is 5.92 Å². The molecule has 0 fully saturated rings.